The number of esters is 2. The highest BCUT2D eigenvalue weighted by molar-refractivity contribution is 5.89. The minimum atomic E-state index is -1.33. The molecule has 2 saturated heterocycles. The summed E-state index contributed by atoms with van der Waals surface area (Å²) < 4.78 is 16.2. The number of hydrogen-bond acceptors (Lipinski definition) is 6. The summed E-state index contributed by atoms with van der Waals surface area (Å²) in [6.45, 7) is 10.5. The van der Waals surface area contributed by atoms with Crippen LogP contribution in [-0.2, 0) is 28.6 Å². The van der Waals surface area contributed by atoms with Gasteiger partial charge in [0.1, 0.15) is 24.0 Å². The second-order valence-electron chi connectivity index (χ2n) is 8.55. The van der Waals surface area contributed by atoms with Crippen LogP contribution in [-0.4, -0.2) is 48.4 Å². The molecule has 2 rings (SSSR count). The van der Waals surface area contributed by atoms with Gasteiger partial charge in [-0.05, 0) is 46.5 Å². The van der Waals surface area contributed by atoms with Gasteiger partial charge in [0.05, 0.1) is 17.6 Å². The minimum absolute atomic E-state index is 0.0600. The maximum atomic E-state index is 12.7. The normalized spacial score (nSPS) is 33.3. The molecule has 0 radical (unpaired) electrons. The molecule has 0 saturated carbocycles. The Morgan fingerprint density at radius 1 is 1.08 bits per heavy atom. The Hall–Kier alpha value is -1.63. The summed E-state index contributed by atoms with van der Waals surface area (Å²) in [4.78, 5) is 36.7. The zero-order chi connectivity index (χ0) is 19.9. The Morgan fingerprint density at radius 2 is 1.58 bits per heavy atom. The van der Waals surface area contributed by atoms with E-state index in [4.69, 9.17) is 14.2 Å². The summed E-state index contributed by atoms with van der Waals surface area (Å²) in [5, 5.41) is 9.71. The van der Waals surface area contributed by atoms with Crippen molar-refractivity contribution in [2.24, 2.45) is 22.2 Å². The molecule has 2 aliphatic rings. The lowest BCUT2D eigenvalue weighted by Crippen LogP contribution is -2.56. The standard InChI is InChI=1S/C19H30O7/c1-11(2)17(3,4)15(22)24-9-10-25-16(23)19(6)13-8-7-12(26-13)18(19,5)14(20)21/h11-13H,7-10H2,1-6H3,(H,20,21). The summed E-state index contributed by atoms with van der Waals surface area (Å²) in [7, 11) is 0. The summed E-state index contributed by atoms with van der Waals surface area (Å²) in [6, 6.07) is 0. The van der Waals surface area contributed by atoms with Crippen molar-refractivity contribution in [1.82, 2.24) is 0 Å². The molecule has 0 aliphatic carbocycles. The monoisotopic (exact) mass is 370 g/mol. The molecular weight excluding hydrogens is 340 g/mol. The fourth-order valence-electron chi connectivity index (χ4n) is 3.70. The van der Waals surface area contributed by atoms with Crippen molar-refractivity contribution in [2.45, 2.75) is 66.6 Å². The zero-order valence-electron chi connectivity index (χ0n) is 16.5. The van der Waals surface area contributed by atoms with Crippen LogP contribution in [0.3, 0.4) is 0 Å². The van der Waals surface area contributed by atoms with Crippen LogP contribution in [0.25, 0.3) is 0 Å². The lowest BCUT2D eigenvalue weighted by Gasteiger charge is -2.41. The SMILES string of the molecule is CC(C)C(C)(C)C(=O)OCCOC(=O)C1(C)C2CCC(O2)C1(C)C(=O)O. The maximum absolute atomic E-state index is 12.7. The van der Waals surface area contributed by atoms with Crippen LogP contribution in [0.15, 0.2) is 0 Å². The molecule has 0 spiro atoms. The minimum Gasteiger partial charge on any atom is -0.481 e. The summed E-state index contributed by atoms with van der Waals surface area (Å²) >= 11 is 0. The van der Waals surface area contributed by atoms with Crippen LogP contribution in [0.5, 0.6) is 0 Å². The van der Waals surface area contributed by atoms with E-state index in [0.29, 0.717) is 12.8 Å². The van der Waals surface area contributed by atoms with Gasteiger partial charge in [-0.3, -0.25) is 14.4 Å². The number of carbonyl (C=O) groups is 3. The fourth-order valence-corrected chi connectivity index (χ4v) is 3.70. The van der Waals surface area contributed by atoms with E-state index in [-0.39, 0.29) is 25.1 Å². The highest BCUT2D eigenvalue weighted by Gasteiger charge is 2.72. The van der Waals surface area contributed by atoms with E-state index in [2.05, 4.69) is 0 Å². The largest absolute Gasteiger partial charge is 0.481 e. The first-order chi connectivity index (χ1) is 11.9. The number of carboxylic acid groups (broad SMARTS) is 1. The molecule has 0 aromatic rings. The van der Waals surface area contributed by atoms with Crippen molar-refractivity contribution in [3.63, 3.8) is 0 Å². The van der Waals surface area contributed by atoms with Gasteiger partial charge in [-0.15, -0.1) is 0 Å². The number of ether oxygens (including phenoxy) is 3. The van der Waals surface area contributed by atoms with Crippen molar-refractivity contribution in [1.29, 1.82) is 0 Å². The van der Waals surface area contributed by atoms with E-state index >= 15 is 0 Å². The van der Waals surface area contributed by atoms with Gasteiger partial charge in [-0.2, -0.15) is 0 Å². The number of hydrogen-bond donors (Lipinski definition) is 1. The third kappa shape index (κ3) is 2.90. The number of aliphatic carboxylic acids is 1. The molecule has 1 N–H and O–H groups in total. The molecule has 4 unspecified atom stereocenters. The van der Waals surface area contributed by atoms with Gasteiger partial charge in [0.25, 0.3) is 0 Å². The summed E-state index contributed by atoms with van der Waals surface area (Å²) in [6.07, 6.45) is 0.297. The predicted molar refractivity (Wildman–Crippen MR) is 92.3 cm³/mol. The van der Waals surface area contributed by atoms with Crippen molar-refractivity contribution in [2.75, 3.05) is 13.2 Å². The summed E-state index contributed by atoms with van der Waals surface area (Å²) in [5.41, 5.74) is -3.22. The van der Waals surface area contributed by atoms with Crippen LogP contribution in [0, 0.1) is 22.2 Å². The number of carboxylic acids is 1. The van der Waals surface area contributed by atoms with Gasteiger partial charge in [-0.1, -0.05) is 13.8 Å². The first-order valence-electron chi connectivity index (χ1n) is 9.13. The van der Waals surface area contributed by atoms with E-state index < -0.39 is 40.4 Å². The van der Waals surface area contributed by atoms with Crippen LogP contribution in [0.4, 0.5) is 0 Å². The zero-order valence-corrected chi connectivity index (χ0v) is 16.5. The molecule has 2 heterocycles. The average Bonchev–Trinajstić information content (AvgIpc) is 3.13. The Labute approximate surface area is 154 Å². The Kier molecular flexibility index (Phi) is 5.43. The van der Waals surface area contributed by atoms with Gasteiger partial charge >= 0.3 is 17.9 Å². The summed E-state index contributed by atoms with van der Waals surface area (Å²) in [5.74, 6) is -1.92. The van der Waals surface area contributed by atoms with E-state index in [1.54, 1.807) is 27.7 Å². The van der Waals surface area contributed by atoms with Crippen LogP contribution in [0.1, 0.15) is 54.4 Å². The van der Waals surface area contributed by atoms with E-state index in [1.165, 1.54) is 0 Å². The molecule has 148 valence electrons. The predicted octanol–water partition coefficient (Wildman–Crippen LogP) is 2.41. The second kappa shape index (κ2) is 6.83. The lowest BCUT2D eigenvalue weighted by atomic mass is 9.57. The highest BCUT2D eigenvalue weighted by Crippen LogP contribution is 2.60. The van der Waals surface area contributed by atoms with Crippen LogP contribution in [0.2, 0.25) is 0 Å². The quantitative estimate of drug-likeness (QED) is 0.543. The van der Waals surface area contributed by atoms with Crippen molar-refractivity contribution >= 4 is 17.9 Å². The van der Waals surface area contributed by atoms with Crippen molar-refractivity contribution in [3.8, 4) is 0 Å². The molecule has 26 heavy (non-hydrogen) atoms. The van der Waals surface area contributed by atoms with Crippen LogP contribution < -0.4 is 0 Å². The van der Waals surface area contributed by atoms with Crippen LogP contribution >= 0.6 is 0 Å². The Morgan fingerprint density at radius 3 is 2.08 bits per heavy atom. The van der Waals surface area contributed by atoms with Crippen molar-refractivity contribution in [3.05, 3.63) is 0 Å². The third-order valence-corrected chi connectivity index (χ3v) is 6.77. The molecule has 7 nitrogen and oxygen atoms in total. The molecular formula is C19H30O7. The molecule has 0 amide bonds. The van der Waals surface area contributed by atoms with Gasteiger partial charge in [-0.25, -0.2) is 0 Å². The number of rotatable bonds is 7. The second-order valence-corrected chi connectivity index (χ2v) is 8.55. The molecule has 0 aromatic carbocycles. The fraction of sp³-hybridized carbons (Fsp3) is 0.842. The molecule has 2 bridgehead atoms. The number of fused-ring (bicyclic) bond motifs is 2. The molecule has 4 atom stereocenters. The van der Waals surface area contributed by atoms with E-state index in [9.17, 15) is 19.5 Å². The molecule has 2 aliphatic heterocycles. The Balaban J connectivity index is 1.96. The molecule has 7 heteroatoms. The van der Waals surface area contributed by atoms with E-state index in [0.717, 1.165) is 0 Å². The molecule has 0 aromatic heterocycles. The smallest absolute Gasteiger partial charge is 0.315 e. The maximum Gasteiger partial charge on any atom is 0.315 e. The highest BCUT2D eigenvalue weighted by atomic mass is 16.6. The lowest BCUT2D eigenvalue weighted by molar-refractivity contribution is -0.178. The van der Waals surface area contributed by atoms with Crippen molar-refractivity contribution < 1.29 is 33.7 Å². The number of carbonyl (C=O) groups excluding carboxylic acids is 2. The van der Waals surface area contributed by atoms with Gasteiger partial charge < -0.3 is 19.3 Å². The molecule has 2 fully saturated rings. The Bertz CT molecular complexity index is 597. The van der Waals surface area contributed by atoms with E-state index in [1.807, 2.05) is 13.8 Å². The van der Waals surface area contributed by atoms with Gasteiger partial charge in [0.15, 0.2) is 0 Å². The average molecular weight is 370 g/mol. The first-order valence-corrected chi connectivity index (χ1v) is 9.13. The first kappa shape index (κ1) is 20.7. The topological polar surface area (TPSA) is 99.1 Å². The van der Waals surface area contributed by atoms with Gasteiger partial charge in [0.2, 0.25) is 0 Å². The van der Waals surface area contributed by atoms with Gasteiger partial charge in [0, 0.05) is 0 Å². The third-order valence-electron chi connectivity index (χ3n) is 6.77.